The predicted molar refractivity (Wildman–Crippen MR) is 66.8 cm³/mol. The highest BCUT2D eigenvalue weighted by Crippen LogP contribution is 2.25. The third-order valence-corrected chi connectivity index (χ3v) is 3.40. The van der Waals surface area contributed by atoms with Gasteiger partial charge in [-0.2, -0.15) is 0 Å². The molecule has 1 aliphatic rings. The molecule has 0 unspecified atom stereocenters. The quantitative estimate of drug-likeness (QED) is 0.839. The summed E-state index contributed by atoms with van der Waals surface area (Å²) in [6.45, 7) is 2.16. The van der Waals surface area contributed by atoms with E-state index in [4.69, 9.17) is 4.74 Å². The second-order valence-electron chi connectivity index (χ2n) is 4.61. The maximum Gasteiger partial charge on any atom is 0.120 e. The van der Waals surface area contributed by atoms with Crippen LogP contribution in [0.5, 0.6) is 5.75 Å². The van der Waals surface area contributed by atoms with Crippen LogP contribution in [-0.2, 0) is 0 Å². The highest BCUT2D eigenvalue weighted by atomic mass is 16.5. The van der Waals surface area contributed by atoms with E-state index in [9.17, 15) is 0 Å². The minimum Gasteiger partial charge on any atom is -0.490 e. The van der Waals surface area contributed by atoms with Crippen molar-refractivity contribution >= 4 is 0 Å². The Balaban J connectivity index is 2.03. The molecule has 1 N–H and O–H groups in total. The molecule has 1 atom stereocenters. The SMILES string of the molecule is CN[C@@H](C)c1cccc(OC2CCCC2)c1. The molecule has 0 heterocycles. The molecule has 1 fully saturated rings. The van der Waals surface area contributed by atoms with Gasteiger partial charge in [0, 0.05) is 6.04 Å². The molecule has 0 aromatic heterocycles. The predicted octanol–water partition coefficient (Wildman–Crippen LogP) is 3.29. The molecule has 0 radical (unpaired) electrons. The third kappa shape index (κ3) is 2.76. The zero-order valence-electron chi connectivity index (χ0n) is 10.2. The molecule has 1 aromatic carbocycles. The van der Waals surface area contributed by atoms with Crippen molar-refractivity contribution in [3.8, 4) is 5.75 Å². The second kappa shape index (κ2) is 5.35. The Morgan fingerprint density at radius 3 is 2.75 bits per heavy atom. The van der Waals surface area contributed by atoms with Crippen LogP contribution in [0, 0.1) is 0 Å². The zero-order valence-corrected chi connectivity index (χ0v) is 10.2. The van der Waals surface area contributed by atoms with E-state index >= 15 is 0 Å². The molecular formula is C14H21NO. The first-order valence-corrected chi connectivity index (χ1v) is 6.23. The van der Waals surface area contributed by atoms with E-state index in [1.54, 1.807) is 0 Å². The van der Waals surface area contributed by atoms with Crippen molar-refractivity contribution in [2.45, 2.75) is 44.8 Å². The lowest BCUT2D eigenvalue weighted by molar-refractivity contribution is 0.209. The fraction of sp³-hybridized carbons (Fsp3) is 0.571. The highest BCUT2D eigenvalue weighted by Gasteiger charge is 2.16. The van der Waals surface area contributed by atoms with Crippen molar-refractivity contribution in [3.05, 3.63) is 29.8 Å². The van der Waals surface area contributed by atoms with Crippen molar-refractivity contribution in [2.75, 3.05) is 7.05 Å². The average molecular weight is 219 g/mol. The molecule has 1 saturated carbocycles. The van der Waals surface area contributed by atoms with Crippen molar-refractivity contribution in [2.24, 2.45) is 0 Å². The average Bonchev–Trinajstić information content (AvgIpc) is 2.81. The number of hydrogen-bond donors (Lipinski definition) is 1. The maximum absolute atomic E-state index is 5.98. The van der Waals surface area contributed by atoms with Crippen LogP contribution in [-0.4, -0.2) is 13.2 Å². The molecule has 2 nitrogen and oxygen atoms in total. The number of benzene rings is 1. The Kier molecular flexibility index (Phi) is 3.83. The van der Waals surface area contributed by atoms with Gasteiger partial charge in [-0.15, -0.1) is 0 Å². The van der Waals surface area contributed by atoms with Crippen LogP contribution < -0.4 is 10.1 Å². The van der Waals surface area contributed by atoms with Gasteiger partial charge in [0.15, 0.2) is 0 Å². The van der Waals surface area contributed by atoms with Crippen LogP contribution in [0.15, 0.2) is 24.3 Å². The van der Waals surface area contributed by atoms with E-state index in [1.807, 2.05) is 7.05 Å². The summed E-state index contributed by atoms with van der Waals surface area (Å²) in [6.07, 6.45) is 5.51. The first kappa shape index (κ1) is 11.5. The van der Waals surface area contributed by atoms with Gasteiger partial charge in [0.1, 0.15) is 5.75 Å². The summed E-state index contributed by atoms with van der Waals surface area (Å²) in [4.78, 5) is 0. The molecule has 0 aliphatic heterocycles. The molecule has 2 heteroatoms. The Hall–Kier alpha value is -1.02. The standard InChI is InChI=1S/C14H21NO/c1-11(15-2)12-6-5-9-14(10-12)16-13-7-3-4-8-13/h5-6,9-11,13,15H,3-4,7-8H2,1-2H3/t11-/m0/s1. The largest absolute Gasteiger partial charge is 0.490 e. The van der Waals surface area contributed by atoms with E-state index < -0.39 is 0 Å². The van der Waals surface area contributed by atoms with Crippen LogP contribution in [0.2, 0.25) is 0 Å². The minimum atomic E-state index is 0.382. The Morgan fingerprint density at radius 2 is 2.06 bits per heavy atom. The molecule has 0 spiro atoms. The van der Waals surface area contributed by atoms with Crippen LogP contribution in [0.4, 0.5) is 0 Å². The van der Waals surface area contributed by atoms with Crippen LogP contribution in [0.1, 0.15) is 44.2 Å². The Bertz CT molecular complexity index is 331. The summed E-state index contributed by atoms with van der Waals surface area (Å²) in [5.41, 5.74) is 1.29. The first-order chi connectivity index (χ1) is 7.79. The number of rotatable bonds is 4. The summed E-state index contributed by atoms with van der Waals surface area (Å²) in [5.74, 6) is 1.02. The van der Waals surface area contributed by atoms with Gasteiger partial charge in [0.2, 0.25) is 0 Å². The van der Waals surface area contributed by atoms with Gasteiger partial charge in [-0.25, -0.2) is 0 Å². The van der Waals surface area contributed by atoms with E-state index in [-0.39, 0.29) is 0 Å². The molecular weight excluding hydrogens is 198 g/mol. The molecule has 0 saturated heterocycles. The van der Waals surface area contributed by atoms with Crippen molar-refractivity contribution in [3.63, 3.8) is 0 Å². The first-order valence-electron chi connectivity index (χ1n) is 6.23. The van der Waals surface area contributed by atoms with Crippen LogP contribution in [0.25, 0.3) is 0 Å². The molecule has 1 aliphatic carbocycles. The lowest BCUT2D eigenvalue weighted by atomic mass is 10.1. The van der Waals surface area contributed by atoms with Crippen LogP contribution >= 0.6 is 0 Å². The summed E-state index contributed by atoms with van der Waals surface area (Å²) in [5, 5.41) is 3.25. The third-order valence-electron chi connectivity index (χ3n) is 3.40. The monoisotopic (exact) mass is 219 g/mol. The molecule has 2 rings (SSSR count). The highest BCUT2D eigenvalue weighted by molar-refractivity contribution is 5.30. The van der Waals surface area contributed by atoms with Crippen molar-refractivity contribution in [1.29, 1.82) is 0 Å². The maximum atomic E-state index is 5.98. The molecule has 1 aromatic rings. The molecule has 0 amide bonds. The van der Waals surface area contributed by atoms with E-state index in [0.717, 1.165) is 5.75 Å². The van der Waals surface area contributed by atoms with Gasteiger partial charge >= 0.3 is 0 Å². The Morgan fingerprint density at radius 1 is 1.31 bits per heavy atom. The van der Waals surface area contributed by atoms with Gasteiger partial charge in [-0.1, -0.05) is 12.1 Å². The van der Waals surface area contributed by atoms with Gasteiger partial charge in [-0.3, -0.25) is 0 Å². The van der Waals surface area contributed by atoms with Gasteiger partial charge in [-0.05, 0) is 57.4 Å². The van der Waals surface area contributed by atoms with Gasteiger partial charge in [0.05, 0.1) is 6.10 Å². The summed E-state index contributed by atoms with van der Waals surface area (Å²) >= 11 is 0. The smallest absolute Gasteiger partial charge is 0.120 e. The van der Waals surface area contributed by atoms with Crippen molar-refractivity contribution in [1.82, 2.24) is 5.32 Å². The number of nitrogens with one attached hydrogen (secondary N) is 1. The van der Waals surface area contributed by atoms with Crippen molar-refractivity contribution < 1.29 is 4.74 Å². The molecule has 88 valence electrons. The normalized spacial score (nSPS) is 18.6. The van der Waals surface area contributed by atoms with Gasteiger partial charge in [0.25, 0.3) is 0 Å². The van der Waals surface area contributed by atoms with Crippen LogP contribution in [0.3, 0.4) is 0 Å². The van der Waals surface area contributed by atoms with E-state index in [2.05, 4.69) is 36.5 Å². The second-order valence-corrected chi connectivity index (χ2v) is 4.61. The summed E-state index contributed by atoms with van der Waals surface area (Å²) < 4.78 is 5.98. The minimum absolute atomic E-state index is 0.382. The molecule has 16 heavy (non-hydrogen) atoms. The lowest BCUT2D eigenvalue weighted by Gasteiger charge is -2.16. The summed E-state index contributed by atoms with van der Waals surface area (Å²) in [6, 6.07) is 8.81. The fourth-order valence-corrected chi connectivity index (χ4v) is 2.22. The lowest BCUT2D eigenvalue weighted by Crippen LogP contribution is -2.14. The number of hydrogen-bond acceptors (Lipinski definition) is 2. The van der Waals surface area contributed by atoms with E-state index in [0.29, 0.717) is 12.1 Å². The topological polar surface area (TPSA) is 21.3 Å². The zero-order chi connectivity index (χ0) is 11.4. The Labute approximate surface area is 98.0 Å². The van der Waals surface area contributed by atoms with Gasteiger partial charge < -0.3 is 10.1 Å². The number of ether oxygens (including phenoxy) is 1. The van der Waals surface area contributed by atoms with E-state index in [1.165, 1.54) is 31.2 Å². The fourth-order valence-electron chi connectivity index (χ4n) is 2.22. The molecule has 0 bridgehead atoms. The summed E-state index contributed by atoms with van der Waals surface area (Å²) in [7, 11) is 1.98.